The Kier molecular flexibility index (Phi) is 20.2. The quantitative estimate of drug-likeness (QED) is 0.0947. The minimum absolute atomic E-state index is 0.577. The number of aromatic amines is 1. The lowest BCUT2D eigenvalue weighted by atomic mass is 9.93. The maximum Gasteiger partial charge on any atom is 0.138 e. The van der Waals surface area contributed by atoms with Crippen molar-refractivity contribution in [2.24, 2.45) is 0 Å². The van der Waals surface area contributed by atoms with E-state index < -0.39 is 0 Å². The van der Waals surface area contributed by atoms with E-state index in [-0.39, 0.29) is 0 Å². The molecular weight excluding hydrogens is 1500 g/mol. The molecule has 4 aliphatic rings. The van der Waals surface area contributed by atoms with E-state index in [2.05, 4.69) is 171 Å². The van der Waals surface area contributed by atoms with Gasteiger partial charge in [-0.25, -0.2) is 19.9 Å². The van der Waals surface area contributed by atoms with E-state index in [1.54, 1.807) is 42.9 Å². The molecule has 0 atom stereocenters. The number of pyridine rings is 7. The molecule has 17 nitrogen and oxygen atoms in total. The molecule has 0 fully saturated rings. The third kappa shape index (κ3) is 15.3. The van der Waals surface area contributed by atoms with Crippen molar-refractivity contribution in [3.8, 4) is 114 Å². The van der Waals surface area contributed by atoms with Gasteiger partial charge >= 0.3 is 0 Å². The second-order valence-electron chi connectivity index (χ2n) is 28.1. The summed E-state index contributed by atoms with van der Waals surface area (Å²) in [5.41, 5.74) is 28.6. The predicted octanol–water partition coefficient (Wildman–Crippen LogP) is 24.1. The first-order valence-corrected chi connectivity index (χ1v) is 38.0. The van der Waals surface area contributed by atoms with E-state index in [1.165, 1.54) is 0 Å². The zero-order valence-electron chi connectivity index (χ0n) is 63.1. The first-order chi connectivity index (χ1) is 57.6. The second-order valence-corrected chi connectivity index (χ2v) is 28.9. The highest BCUT2D eigenvalue weighted by atomic mass is 35.5. The summed E-state index contributed by atoms with van der Waals surface area (Å²) in [6.45, 7) is 17.9. The van der Waals surface area contributed by atoms with Crippen LogP contribution in [0.2, 0.25) is 10.0 Å². The zero-order valence-corrected chi connectivity index (χ0v) is 64.6. The summed E-state index contributed by atoms with van der Waals surface area (Å²) in [4.78, 5) is 33.0. The fourth-order valence-corrected chi connectivity index (χ4v) is 15.1. The molecule has 0 unspecified atom stereocenters. The molecule has 0 saturated heterocycles. The first kappa shape index (κ1) is 74.5. The molecule has 20 rings (SSSR count). The normalized spacial score (nSPS) is 12.4. The molecule has 0 radical (unpaired) electrons. The number of aromatic nitrogens is 9. The molecule has 16 aromatic rings. The van der Waals surface area contributed by atoms with E-state index in [0.717, 1.165) is 207 Å². The van der Waals surface area contributed by atoms with Gasteiger partial charge in [0.1, 0.15) is 23.3 Å². The van der Waals surface area contributed by atoms with Crippen LogP contribution < -0.4 is 21.3 Å². The van der Waals surface area contributed by atoms with Gasteiger partial charge in [-0.3, -0.25) is 20.1 Å². The van der Waals surface area contributed by atoms with E-state index in [4.69, 9.17) is 43.1 Å². The number of allylic oxidation sites excluding steroid dienone is 4. The number of benzene rings is 8. The van der Waals surface area contributed by atoms with Crippen LogP contribution in [0.4, 0.5) is 23.3 Å². The zero-order chi connectivity index (χ0) is 81.1. The summed E-state index contributed by atoms with van der Waals surface area (Å²) in [6.07, 6.45) is 22.8. The van der Waals surface area contributed by atoms with Crippen LogP contribution in [-0.2, 0) is 0 Å². The van der Waals surface area contributed by atoms with Crippen LogP contribution in [0.15, 0.2) is 311 Å². The van der Waals surface area contributed by atoms with Gasteiger partial charge < -0.3 is 21.3 Å². The van der Waals surface area contributed by atoms with Crippen molar-refractivity contribution >= 4 is 114 Å². The molecule has 8 aromatic carbocycles. The summed E-state index contributed by atoms with van der Waals surface area (Å²) in [6, 6.07) is 77.5. The topological polar surface area (TPSA) is 262 Å². The van der Waals surface area contributed by atoms with Crippen molar-refractivity contribution in [1.29, 1.82) is 21.0 Å². The van der Waals surface area contributed by atoms with Crippen molar-refractivity contribution in [1.82, 2.24) is 45.1 Å². The number of hydrogen-bond donors (Lipinski definition) is 5. The monoisotopic (exact) mass is 1560 g/mol. The highest BCUT2D eigenvalue weighted by Crippen LogP contribution is 2.44. The van der Waals surface area contributed by atoms with Crippen molar-refractivity contribution in [3.63, 3.8) is 0 Å². The van der Waals surface area contributed by atoms with Crippen molar-refractivity contribution in [3.05, 3.63) is 371 Å². The lowest BCUT2D eigenvalue weighted by Crippen LogP contribution is -2.06. The largest absolute Gasteiger partial charge is 0.340 e. The Labute approximate surface area is 688 Å². The van der Waals surface area contributed by atoms with Gasteiger partial charge in [-0.1, -0.05) is 122 Å². The van der Waals surface area contributed by atoms with Gasteiger partial charge in [0.05, 0.1) is 108 Å². The average molecular weight is 1560 g/mol. The number of fused-ring (bicyclic) bond motifs is 8. The number of nitriles is 4. The highest BCUT2D eigenvalue weighted by molar-refractivity contribution is 6.36. The average Bonchev–Trinajstić information content (AvgIpc) is 1.18. The van der Waals surface area contributed by atoms with Crippen LogP contribution in [0.5, 0.6) is 0 Å². The Bertz CT molecular complexity index is 7060. The third-order valence-corrected chi connectivity index (χ3v) is 20.7. The molecule has 0 saturated carbocycles. The van der Waals surface area contributed by atoms with Crippen LogP contribution in [-0.4, -0.2) is 45.1 Å². The minimum Gasteiger partial charge on any atom is -0.340 e. The van der Waals surface area contributed by atoms with Gasteiger partial charge in [0.15, 0.2) is 0 Å². The smallest absolute Gasteiger partial charge is 0.138 e. The minimum atomic E-state index is 0.577. The van der Waals surface area contributed by atoms with Crippen LogP contribution in [0.25, 0.3) is 157 Å². The van der Waals surface area contributed by atoms with E-state index in [9.17, 15) is 21.0 Å². The van der Waals surface area contributed by atoms with Crippen molar-refractivity contribution in [2.75, 3.05) is 21.3 Å². The molecule has 19 heteroatoms. The summed E-state index contributed by atoms with van der Waals surface area (Å²) in [5, 5.41) is 62.5. The molecular formula is C99H63Cl2N17. The van der Waals surface area contributed by atoms with Gasteiger partial charge in [0.25, 0.3) is 0 Å². The Morgan fingerprint density at radius 2 is 0.678 bits per heavy atom. The van der Waals surface area contributed by atoms with Crippen LogP contribution in [0.1, 0.15) is 50.1 Å². The van der Waals surface area contributed by atoms with Crippen LogP contribution in [0, 0.1) is 52.2 Å². The Hall–Kier alpha value is -16.3. The summed E-state index contributed by atoms with van der Waals surface area (Å²) >= 11 is 13.0. The van der Waals surface area contributed by atoms with Gasteiger partial charge in [-0.05, 0) is 223 Å². The second kappa shape index (κ2) is 32.1. The molecule has 558 valence electrons. The van der Waals surface area contributed by atoms with Crippen LogP contribution in [0.3, 0.4) is 0 Å². The fourth-order valence-electron chi connectivity index (χ4n) is 14.5. The van der Waals surface area contributed by atoms with E-state index in [1.807, 2.05) is 176 Å². The summed E-state index contributed by atoms with van der Waals surface area (Å²) in [5.74, 6) is 3.00. The SMILES string of the molecule is C=C1C=Cc2cc(-c3cc(C)c4ncccc4c3)c(-c3cccc(C#N)c3)nc2N1.C=C1C=Cc2cc(-c3cc(Cl)c4[nH]ncc4c3)c(-c3cccc(C#N)c3)nc2N1.C=C1C=Cc2cc(-c3cc(Cl)c4ncccc4c3)c(-c3cccc(C#N)c3)nc2N1.C=C1C=Cc2cc(-c3ccc4ncccc4c3)c(-c3cccc(C#N)c3)nc2N1. The highest BCUT2D eigenvalue weighted by Gasteiger charge is 2.24. The molecule has 0 spiro atoms. The van der Waals surface area contributed by atoms with E-state index >= 15 is 0 Å². The molecule has 5 N–H and O–H groups in total. The molecule has 118 heavy (non-hydrogen) atoms. The number of hydrogen-bond acceptors (Lipinski definition) is 16. The van der Waals surface area contributed by atoms with Crippen LogP contribution >= 0.6 is 23.2 Å². The molecule has 8 aromatic heterocycles. The number of aryl methyl sites for hydroxylation is 1. The molecule has 0 aliphatic carbocycles. The summed E-state index contributed by atoms with van der Waals surface area (Å²) in [7, 11) is 0. The van der Waals surface area contributed by atoms with Gasteiger partial charge in [0, 0.05) is 130 Å². The molecule has 0 amide bonds. The Morgan fingerprint density at radius 3 is 1.10 bits per heavy atom. The van der Waals surface area contributed by atoms with Gasteiger partial charge in [0.2, 0.25) is 0 Å². The fraction of sp³-hybridized carbons (Fsp3) is 0.0101. The number of rotatable bonds is 8. The first-order valence-electron chi connectivity index (χ1n) is 37.2. The lowest BCUT2D eigenvalue weighted by molar-refractivity contribution is 1.12. The summed E-state index contributed by atoms with van der Waals surface area (Å²) < 4.78 is 0. The predicted molar refractivity (Wildman–Crippen MR) is 477 cm³/mol. The maximum absolute atomic E-state index is 9.37. The number of halogens is 2. The Morgan fingerprint density at radius 1 is 0.322 bits per heavy atom. The Balaban J connectivity index is 0.000000113. The van der Waals surface area contributed by atoms with Crippen molar-refractivity contribution < 1.29 is 0 Å². The molecule has 12 heterocycles. The van der Waals surface area contributed by atoms with Gasteiger partial charge in [-0.2, -0.15) is 26.1 Å². The number of nitrogens with zero attached hydrogens (tertiary/aromatic N) is 12. The molecule has 0 bridgehead atoms. The third-order valence-electron chi connectivity index (χ3n) is 20.1. The van der Waals surface area contributed by atoms with Gasteiger partial charge in [-0.15, -0.1) is 0 Å². The molecule has 4 aliphatic heterocycles. The van der Waals surface area contributed by atoms with E-state index in [0.29, 0.717) is 32.3 Å². The van der Waals surface area contributed by atoms with Crippen molar-refractivity contribution in [2.45, 2.75) is 6.92 Å². The number of H-pyrrole nitrogens is 1. The number of anilines is 4. The maximum atomic E-state index is 9.37. The lowest BCUT2D eigenvalue weighted by Gasteiger charge is -2.19. The number of nitrogens with one attached hydrogen (secondary N) is 5. The standard InChI is InChI=1S/C26H18N4.C25H15ClN4.C25H16N4.C23H14ClN5/c1-16-11-22(13-20-7-4-10-28-24(16)20)23-14-21-9-8-17(2)29-26(21)30-25(23)19-6-3-5-18(12-19)15-27;1-15-7-8-19-12-21(20-11-18-6-3-9-28-24(18)22(26)13-20)23(30-25(19)29-15)17-5-2-4-16(10-17)14-27;1-16-7-8-21-14-22(18-9-10-23-19(13-18)6-3-11-27-23)24(29-25(21)28-16)20-5-2-4-17(12-20)15-26;1-13-5-6-16-9-19(17-8-18-12-26-29-22(18)20(24)10-17)21(28-23(16)27-13)15-4-2-3-14(7-15)11-25/h3-14H,2H2,1H3,(H,29,30);2-13H,1H2,(H,29,30);2-14H,1H2,(H,28,29);2-10,12H,1H2,(H,26,29)(H,27,28).